The van der Waals surface area contributed by atoms with E-state index < -0.39 is 0 Å². The third kappa shape index (κ3) is 4.07. The highest BCUT2D eigenvalue weighted by Crippen LogP contribution is 2.13. The van der Waals surface area contributed by atoms with E-state index in [1.807, 2.05) is 31.2 Å². The summed E-state index contributed by atoms with van der Waals surface area (Å²) in [7, 11) is 0. The summed E-state index contributed by atoms with van der Waals surface area (Å²) in [5, 5.41) is 2.84. The number of hydrogen-bond acceptors (Lipinski definition) is 2. The number of carbonyl (C=O) groups excluding carboxylic acids is 1. The first-order valence-electron chi connectivity index (χ1n) is 5.33. The van der Waals surface area contributed by atoms with E-state index in [-0.39, 0.29) is 5.91 Å². The highest BCUT2D eigenvalue weighted by Gasteiger charge is 2.05. The van der Waals surface area contributed by atoms with Crippen LogP contribution in [0.4, 0.5) is 5.69 Å². The molecule has 0 saturated carbocycles. The highest BCUT2D eigenvalue weighted by atomic mass is 16.1. The van der Waals surface area contributed by atoms with Gasteiger partial charge in [0.25, 0.3) is 5.91 Å². The van der Waals surface area contributed by atoms with Crippen LogP contribution in [0.25, 0.3) is 0 Å². The molecule has 0 atom stereocenters. The number of nitrogens with one attached hydrogen (secondary N) is 1. The smallest absolute Gasteiger partial charge is 0.251 e. The summed E-state index contributed by atoms with van der Waals surface area (Å²) >= 11 is 0. The van der Waals surface area contributed by atoms with Crippen LogP contribution in [-0.2, 0) is 4.79 Å². The zero-order chi connectivity index (χ0) is 12.7. The molecular weight excluding hydrogens is 212 g/mol. The number of hydrogen-bond donors (Lipinski definition) is 1. The van der Waals surface area contributed by atoms with Crippen LogP contribution in [0.1, 0.15) is 12.5 Å². The molecular formula is C14H16N2O. The van der Waals surface area contributed by atoms with Crippen molar-refractivity contribution in [2.24, 2.45) is 4.99 Å². The number of anilines is 1. The van der Waals surface area contributed by atoms with Crippen molar-refractivity contribution in [2.75, 3.05) is 5.32 Å². The van der Waals surface area contributed by atoms with Crippen molar-refractivity contribution < 1.29 is 4.79 Å². The van der Waals surface area contributed by atoms with Gasteiger partial charge in [-0.05, 0) is 31.6 Å². The maximum Gasteiger partial charge on any atom is 0.251 e. The van der Waals surface area contributed by atoms with Crippen LogP contribution in [0, 0.1) is 6.92 Å². The lowest BCUT2D eigenvalue weighted by molar-refractivity contribution is -0.112. The molecule has 1 aromatic rings. The number of aliphatic imine (C=N–C) groups is 1. The van der Waals surface area contributed by atoms with E-state index in [4.69, 9.17) is 0 Å². The first-order chi connectivity index (χ1) is 8.15. The van der Waals surface area contributed by atoms with Crippen molar-refractivity contribution in [2.45, 2.75) is 13.8 Å². The van der Waals surface area contributed by atoms with Gasteiger partial charge in [-0.2, -0.15) is 0 Å². The second kappa shape index (κ2) is 6.43. The van der Waals surface area contributed by atoms with Crippen LogP contribution < -0.4 is 5.32 Å². The van der Waals surface area contributed by atoms with Gasteiger partial charge in [0.1, 0.15) is 0 Å². The van der Waals surface area contributed by atoms with Crippen LogP contribution >= 0.6 is 0 Å². The Hall–Kier alpha value is -2.16. The van der Waals surface area contributed by atoms with Crippen molar-refractivity contribution in [3.63, 3.8) is 0 Å². The van der Waals surface area contributed by atoms with Gasteiger partial charge in [-0.3, -0.25) is 9.79 Å². The lowest BCUT2D eigenvalue weighted by Crippen LogP contribution is -2.13. The Morgan fingerprint density at radius 1 is 1.41 bits per heavy atom. The lowest BCUT2D eigenvalue weighted by Gasteiger charge is -2.07. The standard InChI is InChI=1S/C14H16N2O/c1-4-15-10-9-12(3)14(17)16-13-8-6-5-7-11(13)2/h4-10H,1H2,2-3H3,(H,16,17)/b12-9+,15-10?. The monoisotopic (exact) mass is 228 g/mol. The lowest BCUT2D eigenvalue weighted by atomic mass is 10.2. The fourth-order valence-corrected chi connectivity index (χ4v) is 1.23. The predicted octanol–water partition coefficient (Wildman–Crippen LogP) is 3.09. The average Bonchev–Trinajstić information content (AvgIpc) is 2.32. The first kappa shape index (κ1) is 12.9. The number of allylic oxidation sites excluding steroid dienone is 1. The van der Waals surface area contributed by atoms with Gasteiger partial charge in [0.15, 0.2) is 0 Å². The average molecular weight is 228 g/mol. The number of amides is 1. The molecule has 1 rings (SSSR count). The molecule has 0 heterocycles. The highest BCUT2D eigenvalue weighted by molar-refractivity contribution is 6.05. The Bertz CT molecular complexity index is 473. The Morgan fingerprint density at radius 2 is 2.12 bits per heavy atom. The minimum Gasteiger partial charge on any atom is -0.322 e. The van der Waals surface area contributed by atoms with E-state index in [2.05, 4.69) is 16.9 Å². The van der Waals surface area contributed by atoms with Gasteiger partial charge >= 0.3 is 0 Å². The summed E-state index contributed by atoms with van der Waals surface area (Å²) in [6, 6.07) is 7.65. The molecule has 0 unspecified atom stereocenters. The van der Waals surface area contributed by atoms with E-state index in [0.29, 0.717) is 5.57 Å². The number of para-hydroxylation sites is 1. The summed E-state index contributed by atoms with van der Waals surface area (Å²) in [4.78, 5) is 15.6. The Balaban J connectivity index is 2.73. The number of nitrogens with zero attached hydrogens (tertiary/aromatic N) is 1. The van der Waals surface area contributed by atoms with Gasteiger partial charge in [0.05, 0.1) is 0 Å². The molecule has 0 saturated heterocycles. The van der Waals surface area contributed by atoms with Crippen LogP contribution in [0.15, 0.2) is 53.7 Å². The van der Waals surface area contributed by atoms with Gasteiger partial charge in [-0.15, -0.1) is 0 Å². The van der Waals surface area contributed by atoms with Gasteiger partial charge in [0, 0.05) is 23.7 Å². The summed E-state index contributed by atoms with van der Waals surface area (Å²) in [6.07, 6.45) is 4.61. The minimum atomic E-state index is -0.130. The molecule has 88 valence electrons. The number of benzene rings is 1. The molecule has 1 amide bonds. The molecule has 3 heteroatoms. The van der Waals surface area contributed by atoms with Crippen molar-refractivity contribution in [3.05, 3.63) is 54.3 Å². The summed E-state index contributed by atoms with van der Waals surface area (Å²) in [5.74, 6) is -0.130. The van der Waals surface area contributed by atoms with E-state index in [1.54, 1.807) is 19.2 Å². The van der Waals surface area contributed by atoms with Crippen LogP contribution in [0.5, 0.6) is 0 Å². The third-order valence-electron chi connectivity index (χ3n) is 2.27. The Morgan fingerprint density at radius 3 is 2.76 bits per heavy atom. The largest absolute Gasteiger partial charge is 0.322 e. The predicted molar refractivity (Wildman–Crippen MR) is 72.3 cm³/mol. The van der Waals surface area contributed by atoms with Crippen LogP contribution in [0.2, 0.25) is 0 Å². The normalized spacial score (nSPS) is 11.5. The molecule has 0 bridgehead atoms. The SMILES string of the molecule is C=CN=C/C=C(\C)C(=O)Nc1ccccc1C. The molecule has 0 spiro atoms. The third-order valence-corrected chi connectivity index (χ3v) is 2.27. The van der Waals surface area contributed by atoms with Crippen LogP contribution in [-0.4, -0.2) is 12.1 Å². The first-order valence-corrected chi connectivity index (χ1v) is 5.33. The molecule has 0 aromatic heterocycles. The second-order valence-corrected chi connectivity index (χ2v) is 3.60. The molecule has 0 aliphatic heterocycles. The van der Waals surface area contributed by atoms with E-state index in [9.17, 15) is 4.79 Å². The Kier molecular flexibility index (Phi) is 4.88. The number of aryl methyl sites for hydroxylation is 1. The molecule has 0 aliphatic carbocycles. The Labute approximate surface area is 102 Å². The molecule has 1 N–H and O–H groups in total. The molecule has 0 aliphatic rings. The summed E-state index contributed by atoms with van der Waals surface area (Å²) in [5.41, 5.74) is 2.46. The van der Waals surface area contributed by atoms with Gasteiger partial charge < -0.3 is 5.32 Å². The maximum absolute atomic E-state index is 11.8. The fraction of sp³-hybridized carbons (Fsp3) is 0.143. The molecule has 17 heavy (non-hydrogen) atoms. The van der Waals surface area contributed by atoms with E-state index >= 15 is 0 Å². The van der Waals surface area contributed by atoms with Crippen molar-refractivity contribution in [1.82, 2.24) is 0 Å². The molecule has 0 radical (unpaired) electrons. The zero-order valence-corrected chi connectivity index (χ0v) is 10.1. The van der Waals surface area contributed by atoms with Gasteiger partial charge in [0.2, 0.25) is 0 Å². The molecule has 0 fully saturated rings. The van der Waals surface area contributed by atoms with E-state index in [0.717, 1.165) is 11.3 Å². The van der Waals surface area contributed by atoms with Crippen molar-refractivity contribution in [3.8, 4) is 0 Å². The van der Waals surface area contributed by atoms with Crippen molar-refractivity contribution >= 4 is 17.8 Å². The van der Waals surface area contributed by atoms with Gasteiger partial charge in [-0.1, -0.05) is 24.8 Å². The molecule has 1 aromatic carbocycles. The zero-order valence-electron chi connectivity index (χ0n) is 10.1. The minimum absolute atomic E-state index is 0.130. The van der Waals surface area contributed by atoms with E-state index in [1.165, 1.54) is 6.20 Å². The second-order valence-electron chi connectivity index (χ2n) is 3.60. The topological polar surface area (TPSA) is 41.5 Å². The quantitative estimate of drug-likeness (QED) is 0.624. The number of rotatable bonds is 4. The fourth-order valence-electron chi connectivity index (χ4n) is 1.23. The summed E-state index contributed by atoms with van der Waals surface area (Å²) in [6.45, 7) is 7.15. The maximum atomic E-state index is 11.8. The summed E-state index contributed by atoms with van der Waals surface area (Å²) < 4.78 is 0. The van der Waals surface area contributed by atoms with Crippen LogP contribution in [0.3, 0.4) is 0 Å². The number of carbonyl (C=O) groups is 1. The molecule has 3 nitrogen and oxygen atoms in total. The van der Waals surface area contributed by atoms with Gasteiger partial charge in [-0.25, -0.2) is 0 Å². The van der Waals surface area contributed by atoms with Crippen molar-refractivity contribution in [1.29, 1.82) is 0 Å².